The number of esters is 2. The van der Waals surface area contributed by atoms with Crippen molar-refractivity contribution in [3.63, 3.8) is 0 Å². The molecular formula is C10H16O4. The molecule has 0 amide bonds. The number of ether oxygens (including phenoxy) is 2. The minimum absolute atomic E-state index is 0.0436. The number of hydrogen-bond acceptors (Lipinski definition) is 4. The second kappa shape index (κ2) is 3.98. The monoisotopic (exact) mass is 200 g/mol. The summed E-state index contributed by atoms with van der Waals surface area (Å²) < 4.78 is 10.0. The smallest absolute Gasteiger partial charge is 0.350 e. The standard InChI is InChI=1S/C10H16O4/c1-4-8(11)14-10(2,3)9(12)13-7-5-6-7/h7H,4-6H2,1-3H3. The first-order valence-electron chi connectivity index (χ1n) is 4.88. The third kappa shape index (κ3) is 3.01. The molecule has 14 heavy (non-hydrogen) atoms. The van der Waals surface area contributed by atoms with E-state index in [1.54, 1.807) is 20.8 Å². The van der Waals surface area contributed by atoms with E-state index in [9.17, 15) is 9.59 Å². The average Bonchev–Trinajstić information content (AvgIpc) is 2.87. The lowest BCUT2D eigenvalue weighted by atomic mass is 10.1. The molecule has 0 atom stereocenters. The van der Waals surface area contributed by atoms with E-state index in [0.717, 1.165) is 12.8 Å². The van der Waals surface area contributed by atoms with Crippen molar-refractivity contribution < 1.29 is 19.1 Å². The van der Waals surface area contributed by atoms with Crippen LogP contribution in [0.15, 0.2) is 0 Å². The van der Waals surface area contributed by atoms with Crippen LogP contribution in [0.25, 0.3) is 0 Å². The van der Waals surface area contributed by atoms with Crippen LogP contribution < -0.4 is 0 Å². The van der Waals surface area contributed by atoms with Gasteiger partial charge in [-0.2, -0.15) is 0 Å². The Morgan fingerprint density at radius 1 is 1.36 bits per heavy atom. The summed E-state index contributed by atoms with van der Waals surface area (Å²) in [5.74, 6) is -0.843. The zero-order chi connectivity index (χ0) is 10.8. The van der Waals surface area contributed by atoms with E-state index in [0.29, 0.717) is 0 Å². The molecule has 0 aliphatic heterocycles. The van der Waals surface area contributed by atoms with Crippen molar-refractivity contribution in [3.8, 4) is 0 Å². The Labute approximate surface area is 83.6 Å². The molecule has 0 aromatic rings. The molecule has 0 spiro atoms. The first-order chi connectivity index (χ1) is 6.45. The third-order valence-electron chi connectivity index (χ3n) is 1.95. The predicted molar refractivity (Wildman–Crippen MR) is 49.6 cm³/mol. The van der Waals surface area contributed by atoms with Crippen LogP contribution in [0, 0.1) is 0 Å². The molecule has 4 heteroatoms. The van der Waals surface area contributed by atoms with Gasteiger partial charge in [0, 0.05) is 6.42 Å². The second-order valence-corrected chi connectivity index (χ2v) is 3.94. The van der Waals surface area contributed by atoms with Crippen LogP contribution >= 0.6 is 0 Å². The van der Waals surface area contributed by atoms with Gasteiger partial charge < -0.3 is 9.47 Å². The van der Waals surface area contributed by atoms with Gasteiger partial charge >= 0.3 is 11.9 Å². The Bertz CT molecular complexity index is 241. The molecule has 0 bridgehead atoms. The highest BCUT2D eigenvalue weighted by atomic mass is 16.6. The maximum absolute atomic E-state index is 11.5. The number of rotatable bonds is 4. The van der Waals surface area contributed by atoms with Gasteiger partial charge in [-0.3, -0.25) is 4.79 Å². The van der Waals surface area contributed by atoms with Crippen molar-refractivity contribution in [2.24, 2.45) is 0 Å². The molecule has 0 aromatic heterocycles. The van der Waals surface area contributed by atoms with E-state index in [-0.39, 0.29) is 18.5 Å². The summed E-state index contributed by atoms with van der Waals surface area (Å²) in [5, 5.41) is 0. The zero-order valence-corrected chi connectivity index (χ0v) is 8.83. The highest BCUT2D eigenvalue weighted by Crippen LogP contribution is 2.26. The third-order valence-corrected chi connectivity index (χ3v) is 1.95. The maximum Gasteiger partial charge on any atom is 0.350 e. The average molecular weight is 200 g/mol. The van der Waals surface area contributed by atoms with E-state index < -0.39 is 11.6 Å². The van der Waals surface area contributed by atoms with E-state index in [1.807, 2.05) is 0 Å². The van der Waals surface area contributed by atoms with Gasteiger partial charge in [0.2, 0.25) is 5.60 Å². The minimum Gasteiger partial charge on any atom is -0.459 e. The van der Waals surface area contributed by atoms with Crippen molar-refractivity contribution in [2.45, 2.75) is 51.7 Å². The van der Waals surface area contributed by atoms with Gasteiger partial charge in [0.25, 0.3) is 0 Å². The maximum atomic E-state index is 11.5. The summed E-state index contributed by atoms with van der Waals surface area (Å²) in [6.07, 6.45) is 2.15. The van der Waals surface area contributed by atoms with Gasteiger partial charge in [-0.1, -0.05) is 6.92 Å². The van der Waals surface area contributed by atoms with Gasteiger partial charge in [-0.15, -0.1) is 0 Å². The Balaban J connectivity index is 2.44. The summed E-state index contributed by atoms with van der Waals surface area (Å²) >= 11 is 0. The van der Waals surface area contributed by atoms with Gasteiger partial charge in [-0.25, -0.2) is 4.79 Å². The molecular weight excluding hydrogens is 184 g/mol. The molecule has 0 N–H and O–H groups in total. The van der Waals surface area contributed by atoms with Gasteiger partial charge in [0.15, 0.2) is 0 Å². The van der Waals surface area contributed by atoms with E-state index in [2.05, 4.69) is 0 Å². The van der Waals surface area contributed by atoms with Crippen LogP contribution in [-0.2, 0) is 19.1 Å². The van der Waals surface area contributed by atoms with Crippen molar-refractivity contribution in [1.82, 2.24) is 0 Å². The predicted octanol–water partition coefficient (Wildman–Crippen LogP) is 1.42. The van der Waals surface area contributed by atoms with E-state index in [1.165, 1.54) is 0 Å². The second-order valence-electron chi connectivity index (χ2n) is 3.94. The topological polar surface area (TPSA) is 52.6 Å². The van der Waals surface area contributed by atoms with Crippen LogP contribution in [0.4, 0.5) is 0 Å². The van der Waals surface area contributed by atoms with Gasteiger partial charge in [0.05, 0.1) is 0 Å². The lowest BCUT2D eigenvalue weighted by molar-refractivity contribution is -0.179. The molecule has 0 aromatic carbocycles. The molecule has 1 fully saturated rings. The Kier molecular flexibility index (Phi) is 3.13. The molecule has 4 nitrogen and oxygen atoms in total. The molecule has 1 saturated carbocycles. The Morgan fingerprint density at radius 2 is 1.93 bits per heavy atom. The van der Waals surface area contributed by atoms with Crippen LogP contribution in [0.2, 0.25) is 0 Å². The van der Waals surface area contributed by atoms with Gasteiger partial charge in [-0.05, 0) is 26.7 Å². The van der Waals surface area contributed by atoms with Crippen molar-refractivity contribution in [2.75, 3.05) is 0 Å². The quantitative estimate of drug-likeness (QED) is 0.644. The fraction of sp³-hybridized carbons (Fsp3) is 0.800. The lowest BCUT2D eigenvalue weighted by Gasteiger charge is -2.22. The van der Waals surface area contributed by atoms with Crippen LogP contribution in [-0.4, -0.2) is 23.6 Å². The molecule has 0 heterocycles. The highest BCUT2D eigenvalue weighted by molar-refractivity contribution is 5.82. The molecule has 0 radical (unpaired) electrons. The number of carbonyl (C=O) groups is 2. The molecule has 0 unspecified atom stereocenters. The fourth-order valence-corrected chi connectivity index (χ4v) is 0.878. The first-order valence-corrected chi connectivity index (χ1v) is 4.88. The molecule has 80 valence electrons. The van der Waals surface area contributed by atoms with E-state index in [4.69, 9.17) is 9.47 Å². The summed E-state index contributed by atoms with van der Waals surface area (Å²) in [6, 6.07) is 0. The van der Waals surface area contributed by atoms with Crippen molar-refractivity contribution in [3.05, 3.63) is 0 Å². The minimum atomic E-state index is -1.16. The SMILES string of the molecule is CCC(=O)OC(C)(C)C(=O)OC1CC1. The molecule has 0 saturated heterocycles. The van der Waals surface area contributed by atoms with Crippen LogP contribution in [0.1, 0.15) is 40.0 Å². The van der Waals surface area contributed by atoms with E-state index >= 15 is 0 Å². The summed E-state index contributed by atoms with van der Waals surface area (Å²) in [6.45, 7) is 4.78. The largest absolute Gasteiger partial charge is 0.459 e. The van der Waals surface area contributed by atoms with Crippen molar-refractivity contribution >= 4 is 11.9 Å². The molecule has 1 aliphatic rings. The van der Waals surface area contributed by atoms with Crippen molar-refractivity contribution in [1.29, 1.82) is 0 Å². The first kappa shape index (κ1) is 11.0. The normalized spacial score (nSPS) is 16.2. The molecule has 1 rings (SSSR count). The van der Waals surface area contributed by atoms with Crippen LogP contribution in [0.5, 0.6) is 0 Å². The summed E-state index contributed by atoms with van der Waals surface area (Å²) in [5.41, 5.74) is -1.16. The zero-order valence-electron chi connectivity index (χ0n) is 8.83. The summed E-state index contributed by atoms with van der Waals surface area (Å²) in [4.78, 5) is 22.5. The Morgan fingerprint density at radius 3 is 2.36 bits per heavy atom. The lowest BCUT2D eigenvalue weighted by Crippen LogP contribution is -2.39. The number of carbonyl (C=O) groups excluding carboxylic acids is 2. The summed E-state index contributed by atoms with van der Waals surface area (Å²) in [7, 11) is 0. The highest BCUT2D eigenvalue weighted by Gasteiger charge is 2.37. The number of hydrogen-bond donors (Lipinski definition) is 0. The molecule has 1 aliphatic carbocycles. The fourth-order valence-electron chi connectivity index (χ4n) is 0.878. The Hall–Kier alpha value is -1.06. The van der Waals surface area contributed by atoms with Gasteiger partial charge in [0.1, 0.15) is 6.10 Å². The van der Waals surface area contributed by atoms with Crippen LogP contribution in [0.3, 0.4) is 0 Å².